The standard InChI is InChI=1S/C10H14N6/c1-2-7-16-10(13-14-15-16)12-8-9-3-5-11-6-4-9/h3-6H,2,7-8H2,1H3,(H,12,13,15). The van der Waals surface area contributed by atoms with E-state index in [4.69, 9.17) is 0 Å². The summed E-state index contributed by atoms with van der Waals surface area (Å²) in [6.07, 6.45) is 4.55. The topological polar surface area (TPSA) is 68.5 Å². The lowest BCUT2D eigenvalue weighted by Crippen LogP contribution is -2.08. The molecule has 0 aromatic carbocycles. The Morgan fingerprint density at radius 1 is 1.31 bits per heavy atom. The minimum absolute atomic E-state index is 0.701. The lowest BCUT2D eigenvalue weighted by atomic mass is 10.3. The third-order valence-electron chi connectivity index (χ3n) is 2.17. The predicted octanol–water partition coefficient (Wildman–Crippen LogP) is 1.09. The molecule has 0 aliphatic carbocycles. The van der Waals surface area contributed by atoms with Gasteiger partial charge in [-0.05, 0) is 34.5 Å². The Morgan fingerprint density at radius 2 is 2.12 bits per heavy atom. The lowest BCUT2D eigenvalue weighted by Gasteiger charge is -2.05. The van der Waals surface area contributed by atoms with E-state index in [9.17, 15) is 0 Å². The predicted molar refractivity (Wildman–Crippen MR) is 59.7 cm³/mol. The first-order chi connectivity index (χ1) is 7.90. The minimum atomic E-state index is 0.701. The first-order valence-corrected chi connectivity index (χ1v) is 5.29. The number of rotatable bonds is 5. The van der Waals surface area contributed by atoms with Crippen molar-refractivity contribution in [1.82, 2.24) is 25.2 Å². The Kier molecular flexibility index (Phi) is 3.42. The van der Waals surface area contributed by atoms with Gasteiger partial charge in [0.15, 0.2) is 0 Å². The zero-order valence-electron chi connectivity index (χ0n) is 9.17. The first kappa shape index (κ1) is 10.5. The zero-order valence-corrected chi connectivity index (χ0v) is 9.17. The number of anilines is 1. The summed E-state index contributed by atoms with van der Waals surface area (Å²) in [7, 11) is 0. The minimum Gasteiger partial charge on any atom is -0.349 e. The van der Waals surface area contributed by atoms with Gasteiger partial charge in [-0.1, -0.05) is 12.0 Å². The summed E-state index contributed by atoms with van der Waals surface area (Å²) >= 11 is 0. The molecule has 2 aromatic heterocycles. The highest BCUT2D eigenvalue weighted by molar-refractivity contribution is 5.24. The van der Waals surface area contributed by atoms with Crippen LogP contribution in [-0.4, -0.2) is 25.2 Å². The van der Waals surface area contributed by atoms with Gasteiger partial charge in [-0.25, -0.2) is 4.68 Å². The fourth-order valence-corrected chi connectivity index (χ4v) is 1.38. The molecular weight excluding hydrogens is 204 g/mol. The quantitative estimate of drug-likeness (QED) is 0.813. The van der Waals surface area contributed by atoms with Crippen LogP contribution in [0.2, 0.25) is 0 Å². The maximum absolute atomic E-state index is 3.96. The molecular formula is C10H14N6. The SMILES string of the molecule is CCCn1nnnc1NCc1ccncc1. The van der Waals surface area contributed by atoms with E-state index in [2.05, 4.69) is 32.7 Å². The molecule has 1 N–H and O–H groups in total. The molecule has 0 amide bonds. The van der Waals surface area contributed by atoms with Crippen LogP contribution in [0, 0.1) is 0 Å². The highest BCUT2D eigenvalue weighted by atomic mass is 15.6. The molecule has 0 aliphatic heterocycles. The van der Waals surface area contributed by atoms with E-state index in [1.807, 2.05) is 12.1 Å². The number of hydrogen-bond acceptors (Lipinski definition) is 5. The average Bonchev–Trinajstić information content (AvgIpc) is 2.76. The van der Waals surface area contributed by atoms with Crippen LogP contribution in [0.15, 0.2) is 24.5 Å². The summed E-state index contributed by atoms with van der Waals surface area (Å²) in [6.45, 7) is 3.62. The fraction of sp³-hybridized carbons (Fsp3) is 0.400. The molecule has 0 fully saturated rings. The highest BCUT2D eigenvalue weighted by Gasteiger charge is 2.03. The average molecular weight is 218 g/mol. The van der Waals surface area contributed by atoms with Crippen LogP contribution in [-0.2, 0) is 13.1 Å². The van der Waals surface area contributed by atoms with Crippen LogP contribution in [0.4, 0.5) is 5.95 Å². The van der Waals surface area contributed by atoms with Gasteiger partial charge in [0.1, 0.15) is 0 Å². The second kappa shape index (κ2) is 5.20. The van der Waals surface area contributed by atoms with Crippen molar-refractivity contribution in [2.45, 2.75) is 26.4 Å². The van der Waals surface area contributed by atoms with Gasteiger partial charge in [-0.2, -0.15) is 0 Å². The van der Waals surface area contributed by atoms with Crippen molar-refractivity contribution in [3.8, 4) is 0 Å². The Morgan fingerprint density at radius 3 is 2.88 bits per heavy atom. The molecule has 0 spiro atoms. The summed E-state index contributed by atoms with van der Waals surface area (Å²) in [4.78, 5) is 3.96. The van der Waals surface area contributed by atoms with E-state index < -0.39 is 0 Å². The molecule has 0 bridgehead atoms. The molecule has 6 nitrogen and oxygen atoms in total. The molecule has 0 atom stereocenters. The van der Waals surface area contributed by atoms with Gasteiger partial charge in [0.2, 0.25) is 5.95 Å². The molecule has 0 aliphatic rings. The third kappa shape index (κ3) is 2.53. The second-order valence-electron chi connectivity index (χ2n) is 3.43. The van der Waals surface area contributed by atoms with Crippen LogP contribution in [0.5, 0.6) is 0 Å². The van der Waals surface area contributed by atoms with E-state index in [0.717, 1.165) is 18.5 Å². The third-order valence-corrected chi connectivity index (χ3v) is 2.17. The molecule has 2 heterocycles. The number of hydrogen-bond donors (Lipinski definition) is 1. The van der Waals surface area contributed by atoms with Gasteiger partial charge >= 0.3 is 0 Å². The van der Waals surface area contributed by atoms with Gasteiger partial charge in [0.25, 0.3) is 0 Å². The summed E-state index contributed by atoms with van der Waals surface area (Å²) in [5.74, 6) is 0.707. The number of aryl methyl sites for hydroxylation is 1. The van der Waals surface area contributed by atoms with Crippen molar-refractivity contribution < 1.29 is 0 Å². The highest BCUT2D eigenvalue weighted by Crippen LogP contribution is 2.04. The van der Waals surface area contributed by atoms with Crippen LogP contribution < -0.4 is 5.32 Å². The van der Waals surface area contributed by atoms with Gasteiger partial charge in [0.05, 0.1) is 0 Å². The van der Waals surface area contributed by atoms with Gasteiger partial charge in [-0.3, -0.25) is 4.98 Å². The van der Waals surface area contributed by atoms with Crippen molar-refractivity contribution in [2.75, 3.05) is 5.32 Å². The van der Waals surface area contributed by atoms with Crippen molar-refractivity contribution in [3.63, 3.8) is 0 Å². The normalized spacial score (nSPS) is 10.3. The van der Waals surface area contributed by atoms with E-state index in [1.54, 1.807) is 17.1 Å². The second-order valence-corrected chi connectivity index (χ2v) is 3.43. The molecule has 2 rings (SSSR count). The van der Waals surface area contributed by atoms with Crippen molar-refractivity contribution in [2.24, 2.45) is 0 Å². The summed E-state index contributed by atoms with van der Waals surface area (Å²) < 4.78 is 1.77. The summed E-state index contributed by atoms with van der Waals surface area (Å²) in [5, 5.41) is 14.7. The van der Waals surface area contributed by atoms with E-state index >= 15 is 0 Å². The Hall–Kier alpha value is -1.98. The van der Waals surface area contributed by atoms with Gasteiger partial charge in [0, 0.05) is 25.5 Å². The van der Waals surface area contributed by atoms with E-state index in [0.29, 0.717) is 12.5 Å². The number of pyridine rings is 1. The van der Waals surface area contributed by atoms with E-state index in [-0.39, 0.29) is 0 Å². The van der Waals surface area contributed by atoms with Crippen LogP contribution in [0.1, 0.15) is 18.9 Å². The Bertz CT molecular complexity index is 424. The Labute approximate surface area is 93.7 Å². The first-order valence-electron chi connectivity index (χ1n) is 5.29. The molecule has 0 saturated heterocycles. The molecule has 0 radical (unpaired) electrons. The largest absolute Gasteiger partial charge is 0.349 e. The van der Waals surface area contributed by atoms with Crippen molar-refractivity contribution in [3.05, 3.63) is 30.1 Å². The van der Waals surface area contributed by atoms with Crippen molar-refractivity contribution >= 4 is 5.95 Å². The maximum Gasteiger partial charge on any atom is 0.243 e. The van der Waals surface area contributed by atoms with Crippen molar-refractivity contribution in [1.29, 1.82) is 0 Å². The number of nitrogens with one attached hydrogen (secondary N) is 1. The summed E-state index contributed by atoms with van der Waals surface area (Å²) in [6, 6.07) is 3.92. The molecule has 2 aromatic rings. The zero-order chi connectivity index (χ0) is 11.2. The number of nitrogens with zero attached hydrogens (tertiary/aromatic N) is 5. The number of tetrazole rings is 1. The molecule has 16 heavy (non-hydrogen) atoms. The monoisotopic (exact) mass is 218 g/mol. The van der Waals surface area contributed by atoms with Gasteiger partial charge < -0.3 is 5.32 Å². The van der Waals surface area contributed by atoms with E-state index in [1.165, 1.54) is 0 Å². The smallest absolute Gasteiger partial charge is 0.243 e. The maximum atomic E-state index is 3.96. The number of aromatic nitrogens is 5. The van der Waals surface area contributed by atoms with Gasteiger partial charge in [-0.15, -0.1) is 0 Å². The molecule has 6 heteroatoms. The van der Waals surface area contributed by atoms with Crippen LogP contribution in [0.3, 0.4) is 0 Å². The van der Waals surface area contributed by atoms with Crippen LogP contribution >= 0.6 is 0 Å². The Balaban J connectivity index is 1.97. The lowest BCUT2D eigenvalue weighted by molar-refractivity contribution is 0.582. The molecule has 0 saturated carbocycles. The fourth-order valence-electron chi connectivity index (χ4n) is 1.38. The van der Waals surface area contributed by atoms with Crippen LogP contribution in [0.25, 0.3) is 0 Å². The molecule has 84 valence electrons. The summed E-state index contributed by atoms with van der Waals surface area (Å²) in [5.41, 5.74) is 1.15. The molecule has 0 unspecified atom stereocenters.